The molecule has 1 aliphatic rings. The summed E-state index contributed by atoms with van der Waals surface area (Å²) in [6, 6.07) is -0.0451. The van der Waals surface area contributed by atoms with Gasteiger partial charge in [-0.2, -0.15) is 0 Å². The molecule has 1 heterocycles. The maximum absolute atomic E-state index is 11.9. The molecule has 0 bridgehead atoms. The van der Waals surface area contributed by atoms with E-state index in [9.17, 15) is 4.79 Å². The molecule has 1 fully saturated rings. The number of hydrogen-bond acceptors (Lipinski definition) is 2. The second kappa shape index (κ2) is 7.90. The lowest BCUT2D eigenvalue weighted by molar-refractivity contribution is 0.0665. The zero-order chi connectivity index (χ0) is 12.5. The zero-order valence-electron chi connectivity index (χ0n) is 10.4. The number of nitrogens with zero attached hydrogens (tertiary/aromatic N) is 1. The van der Waals surface area contributed by atoms with Crippen LogP contribution in [0.5, 0.6) is 0 Å². The van der Waals surface area contributed by atoms with Crippen molar-refractivity contribution in [2.75, 3.05) is 32.8 Å². The van der Waals surface area contributed by atoms with Crippen LogP contribution in [0.3, 0.4) is 0 Å². The molecule has 4 heteroatoms. The Labute approximate surface area is 103 Å². The van der Waals surface area contributed by atoms with Crippen LogP contribution in [0.15, 0.2) is 25.3 Å². The van der Waals surface area contributed by atoms with Gasteiger partial charge in [0, 0.05) is 32.8 Å². The number of nitrogens with one attached hydrogen (secondary N) is 1. The van der Waals surface area contributed by atoms with Gasteiger partial charge in [-0.25, -0.2) is 4.79 Å². The molecule has 1 aliphatic heterocycles. The van der Waals surface area contributed by atoms with Gasteiger partial charge < -0.3 is 15.0 Å². The highest BCUT2D eigenvalue weighted by Crippen LogP contribution is 2.13. The summed E-state index contributed by atoms with van der Waals surface area (Å²) < 4.78 is 5.28. The van der Waals surface area contributed by atoms with E-state index >= 15 is 0 Å². The Morgan fingerprint density at radius 3 is 2.41 bits per heavy atom. The number of urea groups is 1. The summed E-state index contributed by atoms with van der Waals surface area (Å²) in [4.78, 5) is 13.5. The van der Waals surface area contributed by atoms with Crippen molar-refractivity contribution in [3.63, 3.8) is 0 Å². The number of carbonyl (C=O) groups is 1. The molecule has 0 aromatic heterocycles. The highest BCUT2D eigenvalue weighted by Gasteiger charge is 2.16. The van der Waals surface area contributed by atoms with Gasteiger partial charge in [-0.05, 0) is 18.8 Å². The van der Waals surface area contributed by atoms with E-state index in [1.807, 2.05) is 0 Å². The largest absolute Gasteiger partial charge is 0.381 e. The van der Waals surface area contributed by atoms with Crippen LogP contribution in [0.2, 0.25) is 0 Å². The smallest absolute Gasteiger partial charge is 0.317 e. The lowest BCUT2D eigenvalue weighted by atomic mass is 10.0. The molecular formula is C13H22N2O2. The van der Waals surface area contributed by atoms with Gasteiger partial charge in [-0.1, -0.05) is 12.2 Å². The number of ether oxygens (including phenoxy) is 1. The van der Waals surface area contributed by atoms with E-state index in [-0.39, 0.29) is 6.03 Å². The summed E-state index contributed by atoms with van der Waals surface area (Å²) in [5, 5.41) is 2.96. The third-order valence-electron chi connectivity index (χ3n) is 2.87. The van der Waals surface area contributed by atoms with E-state index < -0.39 is 0 Å². The van der Waals surface area contributed by atoms with Gasteiger partial charge in [0.15, 0.2) is 0 Å². The van der Waals surface area contributed by atoms with Crippen LogP contribution in [0.1, 0.15) is 12.8 Å². The monoisotopic (exact) mass is 238 g/mol. The third kappa shape index (κ3) is 5.04. The molecule has 1 rings (SSSR count). The molecule has 4 nitrogen and oxygen atoms in total. The summed E-state index contributed by atoms with van der Waals surface area (Å²) >= 11 is 0. The van der Waals surface area contributed by atoms with Crippen LogP contribution in [0.25, 0.3) is 0 Å². The molecule has 0 atom stereocenters. The highest BCUT2D eigenvalue weighted by molar-refractivity contribution is 5.74. The molecule has 2 amide bonds. The Morgan fingerprint density at radius 1 is 1.29 bits per heavy atom. The molecule has 0 aliphatic carbocycles. The Hall–Kier alpha value is -1.29. The maximum atomic E-state index is 11.9. The lowest BCUT2D eigenvalue weighted by Crippen LogP contribution is -2.42. The van der Waals surface area contributed by atoms with Crippen molar-refractivity contribution in [2.45, 2.75) is 12.8 Å². The van der Waals surface area contributed by atoms with Crippen molar-refractivity contribution in [3.05, 3.63) is 25.3 Å². The molecule has 0 radical (unpaired) electrons. The Bertz CT molecular complexity index is 250. The first-order valence-corrected chi connectivity index (χ1v) is 6.10. The first-order chi connectivity index (χ1) is 8.27. The predicted molar refractivity (Wildman–Crippen MR) is 68.9 cm³/mol. The van der Waals surface area contributed by atoms with Crippen LogP contribution in [-0.2, 0) is 4.74 Å². The molecule has 0 aromatic carbocycles. The van der Waals surface area contributed by atoms with Crippen LogP contribution < -0.4 is 5.32 Å². The van der Waals surface area contributed by atoms with Crippen LogP contribution in [0.4, 0.5) is 4.79 Å². The number of hydrogen-bond donors (Lipinski definition) is 1. The minimum Gasteiger partial charge on any atom is -0.381 e. The fourth-order valence-corrected chi connectivity index (χ4v) is 1.85. The second-order valence-corrected chi connectivity index (χ2v) is 4.22. The first kappa shape index (κ1) is 13.8. The van der Waals surface area contributed by atoms with E-state index in [1.54, 1.807) is 17.1 Å². The van der Waals surface area contributed by atoms with Crippen molar-refractivity contribution in [3.8, 4) is 0 Å². The van der Waals surface area contributed by atoms with Crippen LogP contribution >= 0.6 is 0 Å². The van der Waals surface area contributed by atoms with Crippen LogP contribution in [-0.4, -0.2) is 43.8 Å². The van der Waals surface area contributed by atoms with E-state index in [1.165, 1.54) is 0 Å². The average Bonchev–Trinajstić information content (AvgIpc) is 2.37. The van der Waals surface area contributed by atoms with Gasteiger partial charge in [0.05, 0.1) is 0 Å². The van der Waals surface area contributed by atoms with E-state index in [4.69, 9.17) is 4.74 Å². The first-order valence-electron chi connectivity index (χ1n) is 6.10. The predicted octanol–water partition coefficient (Wildman–Crippen LogP) is 1.80. The van der Waals surface area contributed by atoms with Gasteiger partial charge in [-0.15, -0.1) is 13.2 Å². The van der Waals surface area contributed by atoms with Crippen LogP contribution in [0, 0.1) is 5.92 Å². The minimum atomic E-state index is -0.0451. The molecule has 0 unspecified atom stereocenters. The fourth-order valence-electron chi connectivity index (χ4n) is 1.85. The average molecular weight is 238 g/mol. The second-order valence-electron chi connectivity index (χ2n) is 4.22. The maximum Gasteiger partial charge on any atom is 0.317 e. The Kier molecular flexibility index (Phi) is 6.40. The van der Waals surface area contributed by atoms with Crippen molar-refractivity contribution < 1.29 is 9.53 Å². The van der Waals surface area contributed by atoms with E-state index in [0.717, 1.165) is 32.6 Å². The third-order valence-corrected chi connectivity index (χ3v) is 2.87. The van der Waals surface area contributed by atoms with E-state index in [0.29, 0.717) is 19.0 Å². The topological polar surface area (TPSA) is 41.6 Å². The molecule has 0 aromatic rings. The summed E-state index contributed by atoms with van der Waals surface area (Å²) in [6.45, 7) is 10.7. The van der Waals surface area contributed by atoms with E-state index in [2.05, 4.69) is 18.5 Å². The molecule has 1 saturated heterocycles. The SMILES string of the molecule is C=CCN(CC=C)C(=O)NCC1CCOCC1. The van der Waals surface area contributed by atoms with Gasteiger partial charge in [0.2, 0.25) is 0 Å². The molecule has 96 valence electrons. The molecule has 0 saturated carbocycles. The van der Waals surface area contributed by atoms with Crippen molar-refractivity contribution >= 4 is 6.03 Å². The normalized spacial score (nSPS) is 16.2. The summed E-state index contributed by atoms with van der Waals surface area (Å²) in [5.74, 6) is 0.544. The van der Waals surface area contributed by atoms with Gasteiger partial charge in [-0.3, -0.25) is 0 Å². The minimum absolute atomic E-state index is 0.0451. The molecule has 0 spiro atoms. The molecule has 17 heavy (non-hydrogen) atoms. The standard InChI is InChI=1S/C13H22N2O2/c1-3-7-15(8-4-2)13(16)14-11-12-5-9-17-10-6-12/h3-4,12H,1-2,5-11H2,(H,14,16). The quantitative estimate of drug-likeness (QED) is 0.717. The highest BCUT2D eigenvalue weighted by atomic mass is 16.5. The number of rotatable bonds is 6. The molecular weight excluding hydrogens is 216 g/mol. The zero-order valence-corrected chi connectivity index (χ0v) is 10.4. The summed E-state index contributed by atoms with van der Waals surface area (Å²) in [5.41, 5.74) is 0. The Morgan fingerprint density at radius 2 is 1.88 bits per heavy atom. The number of amides is 2. The van der Waals surface area contributed by atoms with Gasteiger partial charge >= 0.3 is 6.03 Å². The lowest BCUT2D eigenvalue weighted by Gasteiger charge is -2.25. The summed E-state index contributed by atoms with van der Waals surface area (Å²) in [6.07, 6.45) is 5.50. The molecule has 1 N–H and O–H groups in total. The summed E-state index contributed by atoms with van der Waals surface area (Å²) in [7, 11) is 0. The van der Waals surface area contributed by atoms with Crippen molar-refractivity contribution in [1.82, 2.24) is 10.2 Å². The van der Waals surface area contributed by atoms with Crippen molar-refractivity contribution in [2.24, 2.45) is 5.92 Å². The number of carbonyl (C=O) groups excluding carboxylic acids is 1. The van der Waals surface area contributed by atoms with Crippen molar-refractivity contribution in [1.29, 1.82) is 0 Å². The fraction of sp³-hybridized carbons (Fsp3) is 0.615. The van der Waals surface area contributed by atoms with Gasteiger partial charge in [0.25, 0.3) is 0 Å². The Balaban J connectivity index is 2.29. The van der Waals surface area contributed by atoms with Gasteiger partial charge in [0.1, 0.15) is 0 Å².